The van der Waals surface area contributed by atoms with Crippen LogP contribution < -0.4 is 26.5 Å². The third-order valence-corrected chi connectivity index (χ3v) is 24.4. The molecule has 2 atom stereocenters. The van der Waals surface area contributed by atoms with E-state index in [2.05, 4.69) is 228 Å². The third-order valence-electron chi connectivity index (χ3n) is 14.5. The zero-order chi connectivity index (χ0) is 50.0. The molecule has 13 aromatic rings. The fraction of sp³-hybridized carbons (Fsp3) is 0.0154. The minimum absolute atomic E-state index is 0.868. The molecule has 0 bridgehead atoms. The van der Waals surface area contributed by atoms with Gasteiger partial charge in [0.25, 0.3) is 0 Å². The Labute approximate surface area is 439 Å². The molecule has 0 saturated carbocycles. The highest BCUT2D eigenvalue weighted by Gasteiger charge is 2.28. The first-order valence-corrected chi connectivity index (χ1v) is 30.1. The summed E-state index contributed by atoms with van der Waals surface area (Å²) in [6.07, 6.45) is 9.82. The van der Waals surface area contributed by atoms with E-state index in [1.165, 1.54) is 26.9 Å². The van der Waals surface area contributed by atoms with Crippen molar-refractivity contribution in [3.05, 3.63) is 248 Å². The van der Waals surface area contributed by atoms with Crippen LogP contribution >= 0.6 is 12.1 Å². The lowest BCUT2D eigenvalue weighted by molar-refractivity contribution is 1.31. The third kappa shape index (κ3) is 7.50. The highest BCUT2D eigenvalue weighted by atomic mass is 32.4. The van der Waals surface area contributed by atoms with Gasteiger partial charge >= 0.3 is 0 Å². The maximum atomic E-state index is 6.81. The number of rotatable bonds is 10. The highest BCUT2D eigenvalue weighted by molar-refractivity contribution is 8.25. The summed E-state index contributed by atoms with van der Waals surface area (Å²) >= 11 is 13.5. The molecule has 0 spiro atoms. The van der Waals surface area contributed by atoms with Gasteiger partial charge in [-0.1, -0.05) is 187 Å². The van der Waals surface area contributed by atoms with E-state index < -0.39 is 12.1 Å². The monoisotopic (exact) mass is 1020 g/mol. The number of nitrogens with zero attached hydrogens (tertiary/aromatic N) is 5. The number of hydrogen-bond donors (Lipinski definition) is 0. The van der Waals surface area contributed by atoms with Crippen molar-refractivity contribution in [2.45, 2.75) is 6.92 Å². The summed E-state index contributed by atoms with van der Waals surface area (Å²) in [7, 11) is 0. The number of imidazole rings is 1. The normalized spacial score (nSPS) is 13.9. The first-order valence-electron chi connectivity index (χ1n) is 24.5. The van der Waals surface area contributed by atoms with Gasteiger partial charge in [0.15, 0.2) is 0 Å². The second-order valence-corrected chi connectivity index (χ2v) is 27.4. The molecule has 352 valence electrons. The van der Waals surface area contributed by atoms with Crippen molar-refractivity contribution in [3.63, 3.8) is 0 Å². The summed E-state index contributed by atoms with van der Waals surface area (Å²) in [6, 6.07) is 70.7. The topological polar surface area (TPSA) is 55.4 Å². The predicted octanol–water partition coefficient (Wildman–Crippen LogP) is 14.7. The summed E-state index contributed by atoms with van der Waals surface area (Å²) in [5, 5.41) is 15.8. The second kappa shape index (κ2) is 18.5. The molecule has 9 heteroatoms. The van der Waals surface area contributed by atoms with Crippen molar-refractivity contribution in [2.75, 3.05) is 0 Å². The first-order chi connectivity index (χ1) is 36.3. The van der Waals surface area contributed by atoms with Crippen LogP contribution in [0.15, 0.2) is 253 Å². The zero-order valence-corrected chi connectivity index (χ0v) is 43.7. The molecule has 13 rings (SSSR count). The van der Waals surface area contributed by atoms with Gasteiger partial charge in [0.05, 0.1) is 27.8 Å². The van der Waals surface area contributed by atoms with E-state index in [0.29, 0.717) is 0 Å². The number of aromatic nitrogens is 4. The van der Waals surface area contributed by atoms with E-state index in [0.717, 1.165) is 98.1 Å². The molecule has 0 aliphatic heterocycles. The lowest BCUT2D eigenvalue weighted by atomic mass is 9.96. The van der Waals surface area contributed by atoms with Gasteiger partial charge in [0, 0.05) is 68.6 Å². The summed E-state index contributed by atoms with van der Waals surface area (Å²) < 4.78 is 2.34. The van der Waals surface area contributed by atoms with E-state index in [9.17, 15) is 0 Å². The van der Waals surface area contributed by atoms with Crippen molar-refractivity contribution >= 4 is 140 Å². The molecule has 4 aromatic heterocycles. The molecule has 0 aliphatic rings. The second-order valence-electron chi connectivity index (χ2n) is 18.6. The van der Waals surface area contributed by atoms with Gasteiger partial charge in [0.2, 0.25) is 0 Å². The van der Waals surface area contributed by atoms with Crippen LogP contribution in [-0.4, -0.2) is 26.1 Å². The van der Waals surface area contributed by atoms with Crippen LogP contribution in [0, 0.1) is 0 Å². The Balaban J connectivity index is 0.949. The maximum absolute atomic E-state index is 6.81. The van der Waals surface area contributed by atoms with E-state index in [1.807, 2.05) is 31.5 Å². The number of pyridine rings is 3. The number of hydrogen-bond acceptors (Lipinski definition) is 6. The molecule has 5 nitrogen and oxygen atoms in total. The lowest BCUT2D eigenvalue weighted by Crippen LogP contribution is -2.25. The molecule has 0 fully saturated rings. The van der Waals surface area contributed by atoms with E-state index in [-0.39, 0.29) is 0 Å². The first kappa shape index (κ1) is 45.8. The molecule has 74 heavy (non-hydrogen) atoms. The van der Waals surface area contributed by atoms with Gasteiger partial charge < -0.3 is 0 Å². The standard InChI is InChI=1S/C65H45N5P2S2/c1-3-50(34-35-66-2)71(73,51-17-6-4-7-18-51)54-28-23-47-36-49(41-67-61(47)40-54)46-25-30-57-62(38-46)70-63-39-48(26-32-60(63)69-65(70)58-31-24-44-15-12-13-21-56(44)64(57)58)59-33-29-55(42-68-59)72(74,52-19-8-5-9-20-52)53-27-22-43-14-10-11-16-45(43)37-53/h3-42H,2H2,1H3/b35-34-,50-3+. The molecule has 0 aliphatic carbocycles. The van der Waals surface area contributed by atoms with Crippen LogP contribution in [0.25, 0.3) is 93.2 Å². The van der Waals surface area contributed by atoms with Crippen molar-refractivity contribution < 1.29 is 0 Å². The molecule has 0 saturated heterocycles. The summed E-state index contributed by atoms with van der Waals surface area (Å²) in [5.41, 5.74) is 8.71. The van der Waals surface area contributed by atoms with Gasteiger partial charge in [-0.3, -0.25) is 19.4 Å². The van der Waals surface area contributed by atoms with Gasteiger partial charge in [-0.05, 0) is 128 Å². The number of benzene rings is 9. The summed E-state index contributed by atoms with van der Waals surface area (Å²) in [5.74, 6) is 0. The van der Waals surface area contributed by atoms with Crippen molar-refractivity contribution in [3.8, 4) is 22.4 Å². The molecule has 4 heterocycles. The van der Waals surface area contributed by atoms with E-state index in [4.69, 9.17) is 38.6 Å². The maximum Gasteiger partial charge on any atom is 0.146 e. The molecular weight excluding hydrogens is 977 g/mol. The Morgan fingerprint density at radius 2 is 1.18 bits per heavy atom. The Bertz CT molecular complexity index is 4590. The molecular formula is C65H45N5P2S2. The minimum Gasteiger partial charge on any atom is -0.292 e. The van der Waals surface area contributed by atoms with Crippen molar-refractivity contribution in [1.29, 1.82) is 0 Å². The Morgan fingerprint density at radius 1 is 0.500 bits per heavy atom. The van der Waals surface area contributed by atoms with E-state index >= 15 is 0 Å². The van der Waals surface area contributed by atoms with Crippen LogP contribution in [0.1, 0.15) is 6.92 Å². The summed E-state index contributed by atoms with van der Waals surface area (Å²) in [4.78, 5) is 19.7. The van der Waals surface area contributed by atoms with Gasteiger partial charge in [-0.25, -0.2) is 4.98 Å². The fourth-order valence-corrected chi connectivity index (χ4v) is 18.3. The van der Waals surface area contributed by atoms with Crippen LogP contribution in [0.4, 0.5) is 0 Å². The fourth-order valence-electron chi connectivity index (χ4n) is 10.8. The molecule has 0 N–H and O–H groups in total. The van der Waals surface area contributed by atoms with Crippen molar-refractivity contribution in [2.24, 2.45) is 4.99 Å². The van der Waals surface area contributed by atoms with Crippen LogP contribution in [0.3, 0.4) is 0 Å². The number of aliphatic imine (C=N–C) groups is 1. The molecule has 9 aromatic carbocycles. The van der Waals surface area contributed by atoms with Crippen LogP contribution in [-0.2, 0) is 23.6 Å². The van der Waals surface area contributed by atoms with Gasteiger partial charge in [-0.2, -0.15) is 0 Å². The SMILES string of the molecule is C=N/C=C\C(=C/C)P(=S)(c1ccccc1)c1ccc2cc(-c3ccc4c5c6ccccc6ccc5c5nc6ccc(-c7ccc(P(=S)(c8ccccc8)c8ccc9ccccc9c8)cn7)cc6n5c4c3)cnc2c1. The van der Waals surface area contributed by atoms with Crippen LogP contribution in [0.5, 0.6) is 0 Å². The quantitative estimate of drug-likeness (QED) is 0.0591. The summed E-state index contributed by atoms with van der Waals surface area (Å²) in [6.45, 7) is 5.71. The van der Waals surface area contributed by atoms with Gasteiger partial charge in [-0.15, -0.1) is 0 Å². The van der Waals surface area contributed by atoms with Gasteiger partial charge in [0.1, 0.15) is 5.65 Å². The largest absolute Gasteiger partial charge is 0.292 e. The minimum atomic E-state index is -2.46. The van der Waals surface area contributed by atoms with E-state index in [1.54, 1.807) is 6.20 Å². The Morgan fingerprint density at radius 3 is 1.96 bits per heavy atom. The molecule has 2 unspecified atom stereocenters. The Kier molecular flexibility index (Phi) is 11.4. The van der Waals surface area contributed by atoms with Crippen molar-refractivity contribution in [1.82, 2.24) is 19.4 Å². The highest BCUT2D eigenvalue weighted by Crippen LogP contribution is 2.53. The molecule has 0 radical (unpaired) electrons. The average Bonchev–Trinajstić information content (AvgIpc) is 3.87. The lowest BCUT2D eigenvalue weighted by Gasteiger charge is -2.25. The number of fused-ring (bicyclic) bond motifs is 12. The predicted molar refractivity (Wildman–Crippen MR) is 325 cm³/mol. The molecule has 0 amide bonds. The smallest absolute Gasteiger partial charge is 0.146 e. The average molecular weight is 1020 g/mol. The Hall–Kier alpha value is -8.02. The number of allylic oxidation sites excluding steroid dienone is 3. The van der Waals surface area contributed by atoms with Crippen LogP contribution in [0.2, 0.25) is 0 Å². The zero-order valence-electron chi connectivity index (χ0n) is 40.2.